The molecule has 31 heavy (non-hydrogen) atoms. The second kappa shape index (κ2) is 9.53. The van der Waals surface area contributed by atoms with Crippen LogP contribution in [0.25, 0.3) is 0 Å². The van der Waals surface area contributed by atoms with Crippen LogP contribution < -0.4 is 14.8 Å². The first-order valence-electron chi connectivity index (χ1n) is 9.63. The summed E-state index contributed by atoms with van der Waals surface area (Å²) in [5, 5.41) is 2.77. The Bertz CT molecular complexity index is 1210. The first-order valence-corrected chi connectivity index (χ1v) is 11.9. The van der Waals surface area contributed by atoms with Crippen LogP contribution >= 0.6 is 15.9 Å². The van der Waals surface area contributed by atoms with Gasteiger partial charge in [0.15, 0.2) is 0 Å². The molecule has 3 aromatic rings. The van der Waals surface area contributed by atoms with E-state index in [0.29, 0.717) is 29.3 Å². The lowest BCUT2D eigenvalue weighted by molar-refractivity contribution is 0.102. The molecule has 0 saturated carbocycles. The standard InChI is InChI=1S/C23H23BrN2O4S/c1-4-30-22-12-6-17(24)14-21(22)23(27)25-18-8-10-20(11-9-18)31(28,29)26-19-7-5-15(2)16(3)13-19/h5-14,26H,4H2,1-3H3,(H,25,27). The van der Waals surface area contributed by atoms with Crippen LogP contribution in [0.2, 0.25) is 0 Å². The first kappa shape index (κ1) is 22.8. The van der Waals surface area contributed by atoms with Crippen LogP contribution in [0.4, 0.5) is 11.4 Å². The predicted octanol–water partition coefficient (Wildman–Crippen LogP) is 5.52. The number of halogens is 1. The topological polar surface area (TPSA) is 84.5 Å². The zero-order valence-corrected chi connectivity index (χ0v) is 19.8. The van der Waals surface area contributed by atoms with Crippen LogP contribution in [-0.2, 0) is 10.0 Å². The Morgan fingerprint density at radius 3 is 2.26 bits per heavy atom. The van der Waals surface area contributed by atoms with Gasteiger partial charge in [-0.3, -0.25) is 9.52 Å². The average molecular weight is 503 g/mol. The number of ether oxygens (including phenoxy) is 1. The maximum Gasteiger partial charge on any atom is 0.261 e. The highest BCUT2D eigenvalue weighted by molar-refractivity contribution is 9.10. The van der Waals surface area contributed by atoms with Crippen LogP contribution in [0, 0.1) is 13.8 Å². The number of hydrogen-bond acceptors (Lipinski definition) is 4. The number of rotatable bonds is 7. The van der Waals surface area contributed by atoms with E-state index in [2.05, 4.69) is 26.0 Å². The predicted molar refractivity (Wildman–Crippen MR) is 126 cm³/mol. The van der Waals surface area contributed by atoms with Crippen LogP contribution in [0.3, 0.4) is 0 Å². The number of sulfonamides is 1. The zero-order chi connectivity index (χ0) is 22.6. The highest BCUT2D eigenvalue weighted by Gasteiger charge is 2.16. The van der Waals surface area contributed by atoms with Crippen molar-refractivity contribution < 1.29 is 17.9 Å². The van der Waals surface area contributed by atoms with Crippen molar-refractivity contribution >= 4 is 43.2 Å². The van der Waals surface area contributed by atoms with Gasteiger partial charge in [0.05, 0.1) is 17.1 Å². The molecule has 162 valence electrons. The third-order valence-corrected chi connectivity index (χ3v) is 6.56. The molecule has 0 heterocycles. The molecule has 0 aliphatic heterocycles. The highest BCUT2D eigenvalue weighted by atomic mass is 79.9. The van der Waals surface area contributed by atoms with Crippen molar-refractivity contribution in [1.82, 2.24) is 0 Å². The lowest BCUT2D eigenvalue weighted by Gasteiger charge is -2.12. The van der Waals surface area contributed by atoms with Gasteiger partial charge in [-0.1, -0.05) is 22.0 Å². The Hall–Kier alpha value is -2.84. The van der Waals surface area contributed by atoms with Crippen molar-refractivity contribution in [3.05, 3.63) is 81.8 Å². The van der Waals surface area contributed by atoms with E-state index in [0.717, 1.165) is 15.6 Å². The van der Waals surface area contributed by atoms with Gasteiger partial charge in [0, 0.05) is 15.8 Å². The number of carbonyl (C=O) groups is 1. The van der Waals surface area contributed by atoms with Gasteiger partial charge >= 0.3 is 0 Å². The van der Waals surface area contributed by atoms with E-state index in [1.54, 1.807) is 42.5 Å². The molecule has 0 aromatic heterocycles. The molecule has 0 aliphatic carbocycles. The fourth-order valence-electron chi connectivity index (χ4n) is 2.90. The second-order valence-corrected chi connectivity index (χ2v) is 9.55. The molecule has 0 aliphatic rings. The quantitative estimate of drug-likeness (QED) is 0.445. The maximum atomic E-state index is 12.7. The Balaban J connectivity index is 1.76. The van der Waals surface area contributed by atoms with Crippen LogP contribution in [0.1, 0.15) is 28.4 Å². The third-order valence-electron chi connectivity index (χ3n) is 4.67. The number of nitrogens with one attached hydrogen (secondary N) is 2. The van der Waals surface area contributed by atoms with Crippen molar-refractivity contribution in [2.45, 2.75) is 25.7 Å². The summed E-state index contributed by atoms with van der Waals surface area (Å²) in [6.07, 6.45) is 0. The average Bonchev–Trinajstić information content (AvgIpc) is 2.72. The molecule has 0 saturated heterocycles. The van der Waals surface area contributed by atoms with Gasteiger partial charge in [0.25, 0.3) is 15.9 Å². The van der Waals surface area contributed by atoms with Gasteiger partial charge in [-0.25, -0.2) is 8.42 Å². The Morgan fingerprint density at radius 2 is 1.61 bits per heavy atom. The Labute approximate surface area is 190 Å². The molecule has 0 unspecified atom stereocenters. The second-order valence-electron chi connectivity index (χ2n) is 6.96. The molecular formula is C23H23BrN2O4S. The van der Waals surface area contributed by atoms with Gasteiger partial charge < -0.3 is 10.1 Å². The van der Waals surface area contributed by atoms with Crippen molar-refractivity contribution in [1.29, 1.82) is 0 Å². The van der Waals surface area contributed by atoms with Gasteiger partial charge in [0.2, 0.25) is 0 Å². The molecule has 2 N–H and O–H groups in total. The molecular weight excluding hydrogens is 480 g/mol. The van der Waals surface area contributed by atoms with Crippen LogP contribution in [0.15, 0.2) is 70.0 Å². The van der Waals surface area contributed by atoms with E-state index in [9.17, 15) is 13.2 Å². The van der Waals surface area contributed by atoms with Crippen molar-refractivity contribution in [2.75, 3.05) is 16.6 Å². The number of hydrogen-bond donors (Lipinski definition) is 2. The fourth-order valence-corrected chi connectivity index (χ4v) is 4.31. The van der Waals surface area contributed by atoms with E-state index in [-0.39, 0.29) is 10.8 Å². The van der Waals surface area contributed by atoms with Crippen molar-refractivity contribution in [3.8, 4) is 5.75 Å². The number of benzene rings is 3. The smallest absolute Gasteiger partial charge is 0.261 e. The molecule has 3 aromatic carbocycles. The van der Waals surface area contributed by atoms with E-state index in [1.807, 2.05) is 26.8 Å². The zero-order valence-electron chi connectivity index (χ0n) is 17.4. The van der Waals surface area contributed by atoms with Crippen molar-refractivity contribution in [3.63, 3.8) is 0 Å². The summed E-state index contributed by atoms with van der Waals surface area (Å²) in [6, 6.07) is 16.6. The van der Waals surface area contributed by atoms with E-state index < -0.39 is 10.0 Å². The summed E-state index contributed by atoms with van der Waals surface area (Å²) in [5.41, 5.74) is 3.43. The summed E-state index contributed by atoms with van der Waals surface area (Å²) in [6.45, 7) is 6.16. The molecule has 0 spiro atoms. The molecule has 6 nitrogen and oxygen atoms in total. The largest absolute Gasteiger partial charge is 0.493 e. The lowest BCUT2D eigenvalue weighted by atomic mass is 10.1. The van der Waals surface area contributed by atoms with E-state index in [4.69, 9.17) is 4.74 Å². The minimum atomic E-state index is -3.75. The number of anilines is 2. The molecule has 0 bridgehead atoms. The lowest BCUT2D eigenvalue weighted by Crippen LogP contribution is -2.15. The molecule has 1 amide bonds. The summed E-state index contributed by atoms with van der Waals surface area (Å²) in [7, 11) is -3.75. The Morgan fingerprint density at radius 1 is 0.935 bits per heavy atom. The van der Waals surface area contributed by atoms with Gasteiger partial charge in [0.1, 0.15) is 5.75 Å². The van der Waals surface area contributed by atoms with E-state index >= 15 is 0 Å². The summed E-state index contributed by atoms with van der Waals surface area (Å²) in [4.78, 5) is 12.8. The number of carbonyl (C=O) groups excluding carboxylic acids is 1. The third kappa shape index (κ3) is 5.65. The fraction of sp³-hybridized carbons (Fsp3) is 0.174. The molecule has 0 atom stereocenters. The summed E-state index contributed by atoms with van der Waals surface area (Å²) in [5.74, 6) is 0.119. The molecule has 3 rings (SSSR count). The van der Waals surface area contributed by atoms with Crippen LogP contribution in [-0.4, -0.2) is 20.9 Å². The molecule has 0 fully saturated rings. The monoisotopic (exact) mass is 502 g/mol. The normalized spacial score (nSPS) is 11.1. The first-order chi connectivity index (χ1) is 14.7. The van der Waals surface area contributed by atoms with Crippen molar-refractivity contribution in [2.24, 2.45) is 0 Å². The summed E-state index contributed by atoms with van der Waals surface area (Å²) >= 11 is 3.36. The molecule has 0 radical (unpaired) electrons. The van der Waals surface area contributed by atoms with Gasteiger partial charge in [-0.2, -0.15) is 0 Å². The minimum Gasteiger partial charge on any atom is -0.493 e. The molecule has 8 heteroatoms. The van der Waals surface area contributed by atoms with Gasteiger partial charge in [-0.05, 0) is 86.5 Å². The maximum absolute atomic E-state index is 12.7. The minimum absolute atomic E-state index is 0.0983. The SMILES string of the molecule is CCOc1ccc(Br)cc1C(=O)Nc1ccc(S(=O)(=O)Nc2ccc(C)c(C)c2)cc1. The number of amides is 1. The van der Waals surface area contributed by atoms with Gasteiger partial charge in [-0.15, -0.1) is 0 Å². The highest BCUT2D eigenvalue weighted by Crippen LogP contribution is 2.25. The number of aryl methyl sites for hydroxylation is 2. The Kier molecular flexibility index (Phi) is 7.02. The van der Waals surface area contributed by atoms with E-state index in [1.165, 1.54) is 12.1 Å². The van der Waals surface area contributed by atoms with Crippen LogP contribution in [0.5, 0.6) is 5.75 Å². The summed E-state index contributed by atoms with van der Waals surface area (Å²) < 4.78 is 34.2.